The summed E-state index contributed by atoms with van der Waals surface area (Å²) in [7, 11) is 0. The minimum atomic E-state index is -1.02. The highest BCUT2D eigenvalue weighted by molar-refractivity contribution is 7.99. The maximum atomic E-state index is 11.1. The Kier molecular flexibility index (Phi) is 3.83. The number of carboxylic acid groups (broad SMARTS) is 1. The van der Waals surface area contributed by atoms with Crippen molar-refractivity contribution in [2.75, 3.05) is 5.73 Å². The summed E-state index contributed by atoms with van der Waals surface area (Å²) in [5, 5.41) is 18.4. The van der Waals surface area contributed by atoms with Gasteiger partial charge in [0.2, 0.25) is 0 Å². The van der Waals surface area contributed by atoms with E-state index in [4.69, 9.17) is 10.8 Å². The second-order valence-corrected chi connectivity index (χ2v) is 6.06. The van der Waals surface area contributed by atoms with Gasteiger partial charge in [-0.2, -0.15) is 0 Å². The van der Waals surface area contributed by atoms with Crippen LogP contribution in [0.4, 0.5) is 5.69 Å². The molecule has 0 saturated carbocycles. The summed E-state index contributed by atoms with van der Waals surface area (Å²) in [6, 6.07) is 5.01. The van der Waals surface area contributed by atoms with Crippen molar-refractivity contribution in [3.8, 4) is 0 Å². The standard InChI is InChI=1S/C14H16N4O2S/c15-11-6-5-9(8-10(11)13(19)20)21-14-17-16-12-4-2-1-3-7-18(12)14/h5-6,8H,1-4,7,15H2,(H,19,20). The molecule has 3 N–H and O–H groups in total. The fourth-order valence-corrected chi connectivity index (χ4v) is 3.34. The molecule has 0 unspecified atom stereocenters. The van der Waals surface area contributed by atoms with Gasteiger partial charge >= 0.3 is 5.97 Å². The molecule has 110 valence electrons. The summed E-state index contributed by atoms with van der Waals surface area (Å²) in [6.07, 6.45) is 4.43. The Morgan fingerprint density at radius 3 is 2.95 bits per heavy atom. The van der Waals surface area contributed by atoms with Crippen molar-refractivity contribution in [2.24, 2.45) is 0 Å². The van der Waals surface area contributed by atoms with Crippen molar-refractivity contribution >= 4 is 23.4 Å². The second-order valence-electron chi connectivity index (χ2n) is 5.02. The van der Waals surface area contributed by atoms with Crippen molar-refractivity contribution in [3.05, 3.63) is 29.6 Å². The van der Waals surface area contributed by atoms with Gasteiger partial charge in [-0.25, -0.2) is 4.79 Å². The van der Waals surface area contributed by atoms with Gasteiger partial charge in [-0.05, 0) is 42.8 Å². The third-order valence-corrected chi connectivity index (χ3v) is 4.51. The quantitative estimate of drug-likeness (QED) is 0.846. The van der Waals surface area contributed by atoms with Crippen LogP contribution in [0.15, 0.2) is 28.3 Å². The Labute approximate surface area is 126 Å². The number of hydrogen-bond donors (Lipinski definition) is 2. The fourth-order valence-electron chi connectivity index (χ4n) is 2.42. The third kappa shape index (κ3) is 2.87. The molecule has 0 amide bonds. The number of hydrogen-bond acceptors (Lipinski definition) is 5. The van der Waals surface area contributed by atoms with Gasteiger partial charge in [-0.3, -0.25) is 0 Å². The van der Waals surface area contributed by atoms with E-state index in [1.165, 1.54) is 18.2 Å². The highest BCUT2D eigenvalue weighted by atomic mass is 32.2. The van der Waals surface area contributed by atoms with E-state index in [9.17, 15) is 4.79 Å². The van der Waals surface area contributed by atoms with E-state index in [1.54, 1.807) is 12.1 Å². The Hall–Kier alpha value is -2.02. The molecule has 3 rings (SSSR count). The molecule has 0 fully saturated rings. The average Bonchev–Trinajstić information content (AvgIpc) is 2.69. The number of nitrogens with two attached hydrogens (primary N) is 1. The molecule has 0 bridgehead atoms. The fraction of sp³-hybridized carbons (Fsp3) is 0.357. The highest BCUT2D eigenvalue weighted by Crippen LogP contribution is 2.30. The molecule has 2 heterocycles. The van der Waals surface area contributed by atoms with Crippen LogP contribution >= 0.6 is 11.8 Å². The van der Waals surface area contributed by atoms with Crippen LogP contribution in [-0.4, -0.2) is 25.8 Å². The number of aryl methyl sites for hydroxylation is 1. The molecule has 0 spiro atoms. The van der Waals surface area contributed by atoms with E-state index >= 15 is 0 Å². The summed E-state index contributed by atoms with van der Waals surface area (Å²) in [5.74, 6) is -0.000995. The van der Waals surface area contributed by atoms with Gasteiger partial charge in [0, 0.05) is 23.5 Å². The Bertz CT molecular complexity index is 684. The van der Waals surface area contributed by atoms with Gasteiger partial charge in [0.15, 0.2) is 5.16 Å². The maximum absolute atomic E-state index is 11.1. The summed E-state index contributed by atoms with van der Waals surface area (Å²) in [6.45, 7) is 0.922. The normalized spacial score (nSPS) is 14.5. The van der Waals surface area contributed by atoms with Crippen molar-refractivity contribution in [1.29, 1.82) is 0 Å². The van der Waals surface area contributed by atoms with Crippen molar-refractivity contribution in [2.45, 2.75) is 42.3 Å². The number of benzene rings is 1. The topological polar surface area (TPSA) is 94.0 Å². The molecule has 0 radical (unpaired) electrons. The lowest BCUT2D eigenvalue weighted by Crippen LogP contribution is -2.03. The van der Waals surface area contributed by atoms with E-state index < -0.39 is 5.97 Å². The van der Waals surface area contributed by atoms with E-state index in [1.807, 2.05) is 6.07 Å². The maximum Gasteiger partial charge on any atom is 0.337 e. The van der Waals surface area contributed by atoms with Crippen molar-refractivity contribution < 1.29 is 9.90 Å². The number of anilines is 1. The zero-order valence-corrected chi connectivity index (χ0v) is 12.3. The number of carbonyl (C=O) groups is 1. The summed E-state index contributed by atoms with van der Waals surface area (Å²) >= 11 is 1.43. The molecule has 1 aromatic heterocycles. The molecule has 0 saturated heterocycles. The zero-order chi connectivity index (χ0) is 14.8. The molecule has 0 aliphatic carbocycles. The molecule has 1 aromatic carbocycles. The molecule has 6 nitrogen and oxygen atoms in total. The molecule has 1 aliphatic heterocycles. The van der Waals surface area contributed by atoms with Crippen LogP contribution in [0.2, 0.25) is 0 Å². The second kappa shape index (κ2) is 5.77. The highest BCUT2D eigenvalue weighted by Gasteiger charge is 2.16. The monoisotopic (exact) mass is 304 g/mol. The first-order valence-corrected chi connectivity index (χ1v) is 7.69. The smallest absolute Gasteiger partial charge is 0.337 e. The molecular formula is C14H16N4O2S. The summed E-state index contributed by atoms with van der Waals surface area (Å²) < 4.78 is 2.13. The number of aromatic carboxylic acids is 1. The first-order valence-electron chi connectivity index (χ1n) is 6.88. The molecular weight excluding hydrogens is 288 g/mol. The number of carboxylic acids is 1. The van der Waals surface area contributed by atoms with Crippen LogP contribution in [0.1, 0.15) is 35.4 Å². The lowest BCUT2D eigenvalue weighted by Gasteiger charge is -2.07. The van der Waals surface area contributed by atoms with Gasteiger partial charge in [0.25, 0.3) is 0 Å². The molecule has 1 aliphatic rings. The van der Waals surface area contributed by atoms with Crippen LogP contribution < -0.4 is 5.73 Å². The number of nitrogen functional groups attached to an aromatic ring is 1. The molecule has 21 heavy (non-hydrogen) atoms. The van der Waals surface area contributed by atoms with Crippen molar-refractivity contribution in [3.63, 3.8) is 0 Å². The molecule has 2 aromatic rings. The lowest BCUT2D eigenvalue weighted by molar-refractivity contribution is 0.0698. The number of nitrogens with zero attached hydrogens (tertiary/aromatic N) is 3. The van der Waals surface area contributed by atoms with Crippen molar-refractivity contribution in [1.82, 2.24) is 14.8 Å². The number of aromatic nitrogens is 3. The first kappa shape index (κ1) is 13.9. The van der Waals surface area contributed by atoms with Gasteiger partial charge in [0.1, 0.15) is 5.82 Å². The van der Waals surface area contributed by atoms with Crippen LogP contribution in [0.5, 0.6) is 0 Å². The molecule has 7 heteroatoms. The van der Waals surface area contributed by atoms with E-state index in [-0.39, 0.29) is 11.3 Å². The van der Waals surface area contributed by atoms with Gasteiger partial charge in [0.05, 0.1) is 5.56 Å². The first-order chi connectivity index (χ1) is 10.1. The van der Waals surface area contributed by atoms with E-state index in [0.717, 1.165) is 41.7 Å². The van der Waals surface area contributed by atoms with Gasteiger partial charge < -0.3 is 15.4 Å². The van der Waals surface area contributed by atoms with Crippen LogP contribution in [-0.2, 0) is 13.0 Å². The summed E-state index contributed by atoms with van der Waals surface area (Å²) in [4.78, 5) is 11.9. The van der Waals surface area contributed by atoms with Crippen LogP contribution in [0.3, 0.4) is 0 Å². The number of fused-ring (bicyclic) bond motifs is 1. The average molecular weight is 304 g/mol. The van der Waals surface area contributed by atoms with E-state index in [2.05, 4.69) is 14.8 Å². The van der Waals surface area contributed by atoms with Gasteiger partial charge in [-0.1, -0.05) is 6.42 Å². The Balaban J connectivity index is 1.89. The van der Waals surface area contributed by atoms with Crippen LogP contribution in [0, 0.1) is 0 Å². The minimum absolute atomic E-state index is 0.121. The number of rotatable bonds is 3. The SMILES string of the molecule is Nc1ccc(Sc2nnc3n2CCCCC3)cc1C(=O)O. The Morgan fingerprint density at radius 1 is 1.29 bits per heavy atom. The Morgan fingerprint density at radius 2 is 2.14 bits per heavy atom. The zero-order valence-electron chi connectivity index (χ0n) is 11.5. The minimum Gasteiger partial charge on any atom is -0.478 e. The predicted octanol–water partition coefficient (Wildman–Crippen LogP) is 2.44. The predicted molar refractivity (Wildman–Crippen MR) is 79.5 cm³/mol. The van der Waals surface area contributed by atoms with Gasteiger partial charge in [-0.15, -0.1) is 10.2 Å². The lowest BCUT2D eigenvalue weighted by atomic mass is 10.2. The van der Waals surface area contributed by atoms with Crippen LogP contribution in [0.25, 0.3) is 0 Å². The summed E-state index contributed by atoms with van der Waals surface area (Å²) in [5.41, 5.74) is 6.06. The van der Waals surface area contributed by atoms with E-state index in [0.29, 0.717) is 0 Å². The third-order valence-electron chi connectivity index (χ3n) is 3.54. The largest absolute Gasteiger partial charge is 0.478 e. The molecule has 0 atom stereocenters.